The Kier molecular flexibility index (Phi) is 7.79. The zero-order valence-corrected chi connectivity index (χ0v) is 28.7. The molecule has 0 amide bonds. The van der Waals surface area contributed by atoms with Gasteiger partial charge in [-0.25, -0.2) is 4.98 Å². The van der Waals surface area contributed by atoms with Crippen LogP contribution in [0.2, 0.25) is 0 Å². The van der Waals surface area contributed by atoms with Crippen LogP contribution in [0.4, 0.5) is 28.6 Å². The molecule has 0 atom stereocenters. The molecule has 9 rings (SSSR count). The molecule has 51 heavy (non-hydrogen) atoms. The number of nitrogens with zero attached hydrogens (tertiary/aromatic N) is 4. The molecule has 250 valence electrons. The number of benzene rings is 6. The molecule has 0 saturated carbocycles. The monoisotopic (exact) mass is 752 g/mol. The van der Waals surface area contributed by atoms with Crippen molar-refractivity contribution in [1.29, 1.82) is 0 Å². The number of fused-ring (bicyclic) bond motifs is 5. The molecule has 5 nitrogen and oxygen atoms in total. The van der Waals surface area contributed by atoms with Crippen molar-refractivity contribution in [2.75, 3.05) is 14.7 Å². The Bertz CT molecular complexity index is 2490. The topological polar surface area (TPSA) is 31.8 Å². The number of hydrogen-bond acceptors (Lipinski definition) is 5. The van der Waals surface area contributed by atoms with E-state index in [9.17, 15) is 0 Å². The smallest absolute Gasteiger partial charge is 0.135 e. The van der Waals surface area contributed by atoms with Crippen molar-refractivity contribution in [2.24, 2.45) is 0 Å². The minimum atomic E-state index is -2.39. The Hall–Kier alpha value is -5.93. The largest absolute Gasteiger partial charge is 0.509 e. The molecule has 0 radical (unpaired) electrons. The van der Waals surface area contributed by atoms with E-state index >= 15 is 0 Å². The van der Waals surface area contributed by atoms with E-state index in [4.69, 9.17) is 13.8 Å². The van der Waals surface area contributed by atoms with E-state index < -0.39 is 6.85 Å². The maximum atomic E-state index is 8.55. The molecule has 0 fully saturated rings. The Morgan fingerprint density at radius 3 is 2.12 bits per heavy atom. The van der Waals surface area contributed by atoms with Crippen molar-refractivity contribution in [1.82, 2.24) is 4.98 Å². The summed E-state index contributed by atoms with van der Waals surface area (Å²) in [6.45, 7) is -0.397. The van der Waals surface area contributed by atoms with Gasteiger partial charge in [-0.05, 0) is 60.2 Å². The molecule has 2 aliphatic heterocycles. The molecule has 6 heteroatoms. The summed E-state index contributed by atoms with van der Waals surface area (Å²) in [7, 11) is 0. The van der Waals surface area contributed by atoms with Crippen molar-refractivity contribution in [3.05, 3.63) is 189 Å². The summed E-state index contributed by atoms with van der Waals surface area (Å²) in [6.07, 6.45) is 5.64. The Balaban J connectivity index is 0.00000413. The van der Waals surface area contributed by atoms with E-state index in [2.05, 4.69) is 42.5 Å². The van der Waals surface area contributed by atoms with Crippen molar-refractivity contribution in [2.45, 2.75) is 6.85 Å². The van der Waals surface area contributed by atoms with Crippen molar-refractivity contribution in [3.63, 3.8) is 0 Å². The molecule has 0 unspecified atom stereocenters. The third-order valence-corrected chi connectivity index (χ3v) is 8.92. The number of pyridine rings is 1. The van der Waals surface area contributed by atoms with E-state index in [1.54, 1.807) is 12.3 Å². The van der Waals surface area contributed by atoms with Crippen LogP contribution >= 0.6 is 0 Å². The second-order valence-electron chi connectivity index (χ2n) is 12.0. The maximum absolute atomic E-state index is 8.55. The fourth-order valence-corrected chi connectivity index (χ4v) is 6.55. The van der Waals surface area contributed by atoms with Crippen LogP contribution in [0.3, 0.4) is 0 Å². The summed E-state index contributed by atoms with van der Waals surface area (Å²) in [5.74, 6) is 1.45. The summed E-state index contributed by atoms with van der Waals surface area (Å²) >= 11 is 0. The van der Waals surface area contributed by atoms with E-state index in [-0.39, 0.29) is 26.0 Å². The van der Waals surface area contributed by atoms with Crippen molar-refractivity contribution in [3.8, 4) is 44.9 Å². The summed E-state index contributed by atoms with van der Waals surface area (Å²) < 4.78 is 32.1. The summed E-state index contributed by atoms with van der Waals surface area (Å²) in [6, 6.07) is 54.4. The minimum absolute atomic E-state index is 0. The molecule has 3 heterocycles. The van der Waals surface area contributed by atoms with Crippen molar-refractivity contribution >= 4 is 28.6 Å². The normalized spacial score (nSPS) is 13.9. The van der Waals surface area contributed by atoms with Gasteiger partial charge in [0.05, 0.1) is 5.69 Å². The Morgan fingerprint density at radius 2 is 1.31 bits per heavy atom. The molecule has 0 aliphatic carbocycles. The van der Waals surface area contributed by atoms with Gasteiger partial charge in [0, 0.05) is 59.0 Å². The molecule has 0 saturated heterocycles. The van der Waals surface area contributed by atoms with Gasteiger partial charge in [-0.2, -0.15) is 12.1 Å². The first-order chi connectivity index (χ1) is 25.9. The fraction of sp³-hybridized carbons (Fsp3) is 0.0222. The third kappa shape index (κ3) is 6.10. The third-order valence-electron chi connectivity index (χ3n) is 8.92. The van der Waals surface area contributed by atoms with Gasteiger partial charge in [0.2, 0.25) is 0 Å². The van der Waals surface area contributed by atoms with Crippen LogP contribution in [0, 0.1) is 25.7 Å². The van der Waals surface area contributed by atoms with Crippen LogP contribution in [0.25, 0.3) is 33.4 Å². The van der Waals surface area contributed by atoms with Crippen LogP contribution < -0.4 is 19.4 Å². The minimum Gasteiger partial charge on any atom is -0.509 e. The van der Waals surface area contributed by atoms with Crippen LogP contribution in [0.15, 0.2) is 164 Å². The molecule has 6 aromatic carbocycles. The average molecular weight is 753 g/mol. The summed E-state index contributed by atoms with van der Waals surface area (Å²) in [5.41, 5.74) is 8.93. The number of aromatic nitrogens is 1. The number of rotatable bonds is 6. The Labute approximate surface area is 316 Å². The first-order valence-corrected chi connectivity index (χ1v) is 16.4. The average Bonchev–Trinajstić information content (AvgIpc) is 3.66. The number of aryl methyl sites for hydroxylation is 1. The van der Waals surface area contributed by atoms with Gasteiger partial charge in [-0.1, -0.05) is 102 Å². The number of ether oxygens (including phenoxy) is 1. The van der Waals surface area contributed by atoms with Crippen LogP contribution in [-0.4, -0.2) is 4.98 Å². The van der Waals surface area contributed by atoms with E-state index in [0.29, 0.717) is 28.6 Å². The van der Waals surface area contributed by atoms with Gasteiger partial charge < -0.3 is 19.4 Å². The number of anilines is 5. The Morgan fingerprint density at radius 1 is 0.627 bits per heavy atom. The van der Waals surface area contributed by atoms with E-state index in [1.807, 2.05) is 143 Å². The van der Waals surface area contributed by atoms with Gasteiger partial charge in [0.25, 0.3) is 0 Å². The molecular weight excluding hydrogens is 719 g/mol. The fourth-order valence-electron chi connectivity index (χ4n) is 6.55. The van der Waals surface area contributed by atoms with Gasteiger partial charge in [-0.3, -0.25) is 0 Å². The molecule has 0 spiro atoms. The zero-order chi connectivity index (χ0) is 35.9. The van der Waals surface area contributed by atoms with Gasteiger partial charge in [-0.15, -0.1) is 48.3 Å². The van der Waals surface area contributed by atoms with Gasteiger partial charge in [0.1, 0.15) is 5.82 Å². The number of para-hydroxylation sites is 2. The van der Waals surface area contributed by atoms with Crippen LogP contribution in [0.1, 0.15) is 9.68 Å². The molecule has 2 aliphatic rings. The van der Waals surface area contributed by atoms with E-state index in [0.717, 1.165) is 44.9 Å². The second kappa shape index (κ2) is 13.8. The van der Waals surface area contributed by atoms with Gasteiger partial charge >= 0.3 is 0 Å². The molecule has 7 aromatic rings. The standard InChI is InChI=1S/C45H31N4O.Pd/c1-32-27-45(46-30-42(32)33-13-4-2-5-14-33)49-43-22-11-10-21-40(43)38-19-8-9-20-39(38)41-24-23-37(29-44(41)49)50-36-18-12-17-35(28-36)48-26-25-47(31-48)34-15-6-3-7-16-34;/h2-27,30-31H,1H3;/q-3;/i1D3;. The summed E-state index contributed by atoms with van der Waals surface area (Å²) in [5, 5.41) is 0. The van der Waals surface area contributed by atoms with Gasteiger partial charge in [0.15, 0.2) is 0 Å². The van der Waals surface area contributed by atoms with Crippen molar-refractivity contribution < 1.29 is 29.3 Å². The predicted octanol–water partition coefficient (Wildman–Crippen LogP) is 11.5. The zero-order valence-electron chi connectivity index (χ0n) is 30.2. The molecule has 0 bridgehead atoms. The number of hydrogen-bond donors (Lipinski definition) is 0. The first-order valence-electron chi connectivity index (χ1n) is 17.9. The quantitative estimate of drug-likeness (QED) is 0.125. The maximum Gasteiger partial charge on any atom is 0.135 e. The SMILES string of the molecule is [2H]C([2H])([2H])c1cc(N2c3[c-]c(Oc4[c-]c(N5C=CN(c6ccccc6)[CH-]5)ccc4)ccc3-c3ccccc3-c3ccccc32)ncc1-c1ccccc1.[Pd]. The van der Waals surface area contributed by atoms with Crippen LogP contribution in [0.5, 0.6) is 11.5 Å². The molecule has 1 aromatic heterocycles. The second-order valence-corrected chi connectivity index (χ2v) is 12.0. The first kappa shape index (κ1) is 28.9. The van der Waals surface area contributed by atoms with Crippen LogP contribution in [-0.2, 0) is 20.4 Å². The predicted molar refractivity (Wildman–Crippen MR) is 203 cm³/mol. The summed E-state index contributed by atoms with van der Waals surface area (Å²) in [4.78, 5) is 11.0. The van der Waals surface area contributed by atoms with E-state index in [1.165, 1.54) is 0 Å². The molecular formula is C45H31N4OPd-3. The molecule has 0 N–H and O–H groups in total.